The number of nitrogens with zero attached hydrogens (tertiary/aromatic N) is 2. The highest BCUT2D eigenvalue weighted by atomic mass is 35.5. The van der Waals surface area contributed by atoms with E-state index in [0.29, 0.717) is 42.5 Å². The van der Waals surface area contributed by atoms with E-state index in [2.05, 4.69) is 0 Å². The number of hydrogen-bond donors (Lipinski definition) is 0. The average molecular weight is 521 g/mol. The summed E-state index contributed by atoms with van der Waals surface area (Å²) in [4.78, 5) is 14.4. The molecule has 9 heteroatoms. The summed E-state index contributed by atoms with van der Waals surface area (Å²) in [5, 5.41) is 1.82. The van der Waals surface area contributed by atoms with Gasteiger partial charge in [0, 0.05) is 29.7 Å². The number of piperidine rings is 1. The van der Waals surface area contributed by atoms with Crippen LogP contribution < -0.4 is 4.31 Å². The van der Waals surface area contributed by atoms with Gasteiger partial charge >= 0.3 is 6.09 Å². The van der Waals surface area contributed by atoms with E-state index in [1.807, 2.05) is 45.0 Å². The fraction of sp³-hybridized carbons (Fsp3) is 0.400. The summed E-state index contributed by atoms with van der Waals surface area (Å²) in [5.41, 5.74) is -0.549. The van der Waals surface area contributed by atoms with Crippen LogP contribution in [0.2, 0.25) is 5.02 Å². The largest absolute Gasteiger partial charge is 0.444 e. The normalized spacial score (nSPS) is 15.5. The molecule has 182 valence electrons. The molecule has 0 bridgehead atoms. The standard InChI is InChI=1S/C25H29ClN2O4S2/c1-25(2,3)32-24(29)27-15-13-18(14-16-27)17-28(34(30,31)19-9-5-4-6-10-19)23-22(26)20-11-7-8-12-21(20)33-23/h4-12,18H,13-17H2,1-3H3. The van der Waals surface area contributed by atoms with Crippen LogP contribution in [0.15, 0.2) is 59.5 Å². The molecule has 0 radical (unpaired) electrons. The lowest BCUT2D eigenvalue weighted by molar-refractivity contribution is 0.0187. The zero-order valence-electron chi connectivity index (χ0n) is 19.5. The lowest BCUT2D eigenvalue weighted by Gasteiger charge is -2.35. The first kappa shape index (κ1) is 24.8. The molecule has 4 rings (SSSR count). The van der Waals surface area contributed by atoms with Crippen molar-refractivity contribution in [3.8, 4) is 0 Å². The SMILES string of the molecule is CC(C)(C)OC(=O)N1CCC(CN(c2sc3ccccc3c2Cl)S(=O)(=O)c2ccccc2)CC1. The summed E-state index contributed by atoms with van der Waals surface area (Å²) in [5.74, 6) is 0.0819. The second-order valence-corrected chi connectivity index (χ2v) is 12.7. The van der Waals surface area contributed by atoms with Crippen LogP contribution in [-0.4, -0.2) is 44.6 Å². The van der Waals surface area contributed by atoms with Crippen LogP contribution in [0.5, 0.6) is 0 Å². The Bertz CT molecular complexity index is 1260. The summed E-state index contributed by atoms with van der Waals surface area (Å²) in [6.45, 7) is 6.89. The summed E-state index contributed by atoms with van der Waals surface area (Å²) in [7, 11) is -3.82. The fourth-order valence-corrected chi connectivity index (χ4v) is 7.41. The molecule has 3 aromatic rings. The van der Waals surface area contributed by atoms with Gasteiger partial charge in [-0.2, -0.15) is 0 Å². The van der Waals surface area contributed by atoms with Crippen LogP contribution in [0.25, 0.3) is 10.1 Å². The summed E-state index contributed by atoms with van der Waals surface area (Å²) >= 11 is 8.11. The number of hydrogen-bond acceptors (Lipinski definition) is 5. The van der Waals surface area contributed by atoms with Gasteiger partial charge in [0.05, 0.1) is 9.92 Å². The molecule has 2 heterocycles. The van der Waals surface area contributed by atoms with E-state index in [0.717, 1.165) is 10.1 Å². The molecule has 1 aliphatic heterocycles. The predicted octanol–water partition coefficient (Wildman–Crippen LogP) is 6.40. The highest BCUT2D eigenvalue weighted by Crippen LogP contribution is 2.44. The van der Waals surface area contributed by atoms with Gasteiger partial charge in [-0.3, -0.25) is 4.31 Å². The van der Waals surface area contributed by atoms with Crippen molar-refractivity contribution < 1.29 is 17.9 Å². The lowest BCUT2D eigenvalue weighted by Crippen LogP contribution is -2.44. The van der Waals surface area contributed by atoms with E-state index < -0.39 is 15.6 Å². The van der Waals surface area contributed by atoms with Crippen LogP contribution in [0.4, 0.5) is 9.80 Å². The number of benzene rings is 2. The van der Waals surface area contributed by atoms with Crippen LogP contribution in [-0.2, 0) is 14.8 Å². The topological polar surface area (TPSA) is 66.9 Å². The Balaban J connectivity index is 1.60. The summed E-state index contributed by atoms with van der Waals surface area (Å²) in [6.07, 6.45) is 1.04. The van der Waals surface area contributed by atoms with E-state index in [9.17, 15) is 13.2 Å². The first-order valence-corrected chi connectivity index (χ1v) is 13.9. The number of sulfonamides is 1. The van der Waals surface area contributed by atoms with Crippen molar-refractivity contribution in [2.24, 2.45) is 5.92 Å². The molecule has 1 amide bonds. The van der Waals surface area contributed by atoms with Gasteiger partial charge in [-0.15, -0.1) is 11.3 Å². The van der Waals surface area contributed by atoms with Crippen molar-refractivity contribution in [1.82, 2.24) is 4.90 Å². The van der Waals surface area contributed by atoms with Crippen molar-refractivity contribution in [2.45, 2.75) is 44.1 Å². The summed E-state index contributed by atoms with van der Waals surface area (Å²) < 4.78 is 35.4. The number of ether oxygens (including phenoxy) is 1. The third kappa shape index (κ3) is 5.34. The Morgan fingerprint density at radius 3 is 2.32 bits per heavy atom. The van der Waals surface area contributed by atoms with E-state index in [4.69, 9.17) is 16.3 Å². The molecular weight excluding hydrogens is 492 g/mol. The molecule has 0 atom stereocenters. The first-order chi connectivity index (χ1) is 16.1. The number of fused-ring (bicyclic) bond motifs is 1. The Labute approximate surface area is 210 Å². The van der Waals surface area contributed by atoms with Crippen molar-refractivity contribution in [3.63, 3.8) is 0 Å². The highest BCUT2D eigenvalue weighted by molar-refractivity contribution is 7.93. The van der Waals surface area contributed by atoms with Gasteiger partial charge in [0.1, 0.15) is 10.6 Å². The van der Waals surface area contributed by atoms with Gasteiger partial charge in [0.25, 0.3) is 10.0 Å². The van der Waals surface area contributed by atoms with E-state index >= 15 is 0 Å². The molecule has 0 saturated carbocycles. The minimum Gasteiger partial charge on any atom is -0.444 e. The number of thiophene rings is 1. The third-order valence-corrected chi connectivity index (χ3v) is 9.35. The Hall–Kier alpha value is -2.29. The lowest BCUT2D eigenvalue weighted by atomic mass is 9.97. The Kier molecular flexibility index (Phi) is 7.12. The quantitative estimate of drug-likeness (QED) is 0.390. The van der Waals surface area contributed by atoms with Crippen LogP contribution in [0, 0.1) is 5.92 Å². The maximum atomic E-state index is 13.8. The zero-order valence-corrected chi connectivity index (χ0v) is 21.9. The molecule has 34 heavy (non-hydrogen) atoms. The third-order valence-electron chi connectivity index (χ3n) is 5.77. The number of amides is 1. The Morgan fingerprint density at radius 1 is 1.09 bits per heavy atom. The molecule has 1 aliphatic rings. The first-order valence-electron chi connectivity index (χ1n) is 11.3. The van der Waals surface area contributed by atoms with E-state index in [-0.39, 0.29) is 16.9 Å². The van der Waals surface area contributed by atoms with Gasteiger partial charge in [0.2, 0.25) is 0 Å². The number of likely N-dealkylation sites (tertiary alicyclic amines) is 1. The van der Waals surface area contributed by atoms with Crippen LogP contribution in [0.3, 0.4) is 0 Å². The monoisotopic (exact) mass is 520 g/mol. The van der Waals surface area contributed by atoms with E-state index in [1.165, 1.54) is 15.6 Å². The minimum atomic E-state index is -3.82. The molecule has 0 aliphatic carbocycles. The zero-order chi connectivity index (χ0) is 24.5. The van der Waals surface area contributed by atoms with Crippen LogP contribution in [0.1, 0.15) is 33.6 Å². The van der Waals surface area contributed by atoms with Gasteiger partial charge in [-0.05, 0) is 57.7 Å². The van der Waals surface area contributed by atoms with Crippen molar-refractivity contribution >= 4 is 54.1 Å². The number of halogens is 1. The molecule has 2 aromatic carbocycles. The second-order valence-electron chi connectivity index (χ2n) is 9.48. The van der Waals surface area contributed by atoms with E-state index in [1.54, 1.807) is 35.2 Å². The molecule has 1 fully saturated rings. The molecule has 0 unspecified atom stereocenters. The second kappa shape index (κ2) is 9.76. The number of anilines is 1. The molecule has 0 spiro atoms. The number of carbonyl (C=O) groups excluding carboxylic acids is 1. The highest BCUT2D eigenvalue weighted by Gasteiger charge is 2.33. The Morgan fingerprint density at radius 2 is 1.71 bits per heavy atom. The summed E-state index contributed by atoms with van der Waals surface area (Å²) in [6, 6.07) is 16.1. The number of rotatable bonds is 5. The minimum absolute atomic E-state index is 0.0819. The molecule has 0 N–H and O–H groups in total. The van der Waals surface area contributed by atoms with Crippen LogP contribution >= 0.6 is 22.9 Å². The molecule has 6 nitrogen and oxygen atoms in total. The maximum Gasteiger partial charge on any atom is 0.410 e. The predicted molar refractivity (Wildman–Crippen MR) is 138 cm³/mol. The van der Waals surface area contributed by atoms with Gasteiger partial charge in [0.15, 0.2) is 0 Å². The van der Waals surface area contributed by atoms with Gasteiger partial charge < -0.3 is 9.64 Å². The molecule has 1 saturated heterocycles. The molecular formula is C25H29ClN2O4S2. The van der Waals surface area contributed by atoms with Crippen molar-refractivity contribution in [2.75, 3.05) is 23.9 Å². The fourth-order valence-electron chi connectivity index (χ4n) is 4.03. The van der Waals surface area contributed by atoms with Gasteiger partial charge in [-0.1, -0.05) is 48.0 Å². The maximum absolute atomic E-state index is 13.8. The average Bonchev–Trinajstić information content (AvgIpc) is 3.13. The number of carbonyl (C=O) groups is 1. The van der Waals surface area contributed by atoms with Crippen molar-refractivity contribution in [1.29, 1.82) is 0 Å². The van der Waals surface area contributed by atoms with Crippen molar-refractivity contribution in [3.05, 3.63) is 59.6 Å². The smallest absolute Gasteiger partial charge is 0.410 e. The van der Waals surface area contributed by atoms with Gasteiger partial charge in [-0.25, -0.2) is 13.2 Å². The molecule has 1 aromatic heterocycles.